The number of hydrogen-bond acceptors (Lipinski definition) is 3. The zero-order valence-electron chi connectivity index (χ0n) is 8.23. The largest absolute Gasteiger partial charge is 0.494 e. The molecule has 0 saturated carbocycles. The molecule has 1 aromatic rings. The summed E-state index contributed by atoms with van der Waals surface area (Å²) in [5, 5.41) is 0. The summed E-state index contributed by atoms with van der Waals surface area (Å²) in [5.41, 5.74) is 6.25. The third-order valence-electron chi connectivity index (χ3n) is 1.72. The van der Waals surface area contributed by atoms with Crippen LogP contribution in [0.4, 0.5) is 5.69 Å². The molecule has 0 aliphatic rings. The molecular formula is C10H15NO2S. The van der Waals surface area contributed by atoms with Crippen LogP contribution in [0.2, 0.25) is 0 Å². The molecule has 3 nitrogen and oxygen atoms in total. The van der Waals surface area contributed by atoms with Gasteiger partial charge in [0.05, 0.1) is 6.61 Å². The summed E-state index contributed by atoms with van der Waals surface area (Å²) in [6.45, 7) is 0.601. The van der Waals surface area contributed by atoms with Gasteiger partial charge in [0.25, 0.3) is 0 Å². The highest BCUT2D eigenvalue weighted by Crippen LogP contribution is 2.12. The number of hydrogen-bond donors (Lipinski definition) is 1. The lowest BCUT2D eigenvalue weighted by molar-refractivity contribution is 0.318. The van der Waals surface area contributed by atoms with Crippen molar-refractivity contribution in [3.63, 3.8) is 0 Å². The van der Waals surface area contributed by atoms with Crippen molar-refractivity contribution in [1.82, 2.24) is 0 Å². The Morgan fingerprint density at radius 2 is 2.00 bits per heavy atom. The van der Waals surface area contributed by atoms with Crippen molar-refractivity contribution in [3.8, 4) is 5.75 Å². The Kier molecular flexibility index (Phi) is 4.46. The zero-order chi connectivity index (χ0) is 10.4. The monoisotopic (exact) mass is 213 g/mol. The molecule has 0 spiro atoms. The summed E-state index contributed by atoms with van der Waals surface area (Å²) in [7, 11) is -0.727. The average Bonchev–Trinajstić information content (AvgIpc) is 2.15. The van der Waals surface area contributed by atoms with E-state index in [4.69, 9.17) is 10.5 Å². The molecule has 1 rings (SSSR count). The van der Waals surface area contributed by atoms with Gasteiger partial charge >= 0.3 is 0 Å². The van der Waals surface area contributed by atoms with Crippen LogP contribution in [0, 0.1) is 0 Å². The lowest BCUT2D eigenvalue weighted by Gasteiger charge is -2.05. The Bertz CT molecular complexity index is 297. The molecule has 0 saturated heterocycles. The molecule has 0 aromatic heterocycles. The van der Waals surface area contributed by atoms with E-state index in [0.29, 0.717) is 12.4 Å². The van der Waals surface area contributed by atoms with Gasteiger partial charge < -0.3 is 10.5 Å². The molecule has 1 unspecified atom stereocenters. The Morgan fingerprint density at radius 3 is 2.57 bits per heavy atom. The number of rotatable bonds is 5. The van der Waals surface area contributed by atoms with Crippen LogP contribution in [0.3, 0.4) is 0 Å². The maximum absolute atomic E-state index is 10.7. The standard InChI is InChI=1S/C10H15NO2S/c1-14(12)8-2-7-13-10-5-3-9(11)4-6-10/h3-6H,2,7-8,11H2,1H3. The van der Waals surface area contributed by atoms with Crippen molar-refractivity contribution < 1.29 is 8.95 Å². The third-order valence-corrected chi connectivity index (χ3v) is 2.59. The van der Waals surface area contributed by atoms with Crippen molar-refractivity contribution in [1.29, 1.82) is 0 Å². The van der Waals surface area contributed by atoms with Gasteiger partial charge in [-0.1, -0.05) is 0 Å². The molecule has 14 heavy (non-hydrogen) atoms. The van der Waals surface area contributed by atoms with Gasteiger partial charge in [0.1, 0.15) is 5.75 Å². The number of ether oxygens (including phenoxy) is 1. The number of benzene rings is 1. The SMILES string of the molecule is CS(=O)CCCOc1ccc(N)cc1. The molecule has 78 valence electrons. The van der Waals surface area contributed by atoms with Gasteiger partial charge in [0.15, 0.2) is 0 Å². The van der Waals surface area contributed by atoms with E-state index >= 15 is 0 Å². The van der Waals surface area contributed by atoms with E-state index in [9.17, 15) is 4.21 Å². The molecule has 1 aromatic carbocycles. The predicted molar refractivity (Wildman–Crippen MR) is 59.9 cm³/mol. The molecular weight excluding hydrogens is 198 g/mol. The van der Waals surface area contributed by atoms with Gasteiger partial charge in [-0.2, -0.15) is 0 Å². The van der Waals surface area contributed by atoms with Gasteiger partial charge in [-0.25, -0.2) is 0 Å². The molecule has 0 bridgehead atoms. The molecule has 0 aliphatic carbocycles. The van der Waals surface area contributed by atoms with E-state index in [0.717, 1.165) is 17.9 Å². The van der Waals surface area contributed by atoms with Gasteiger partial charge in [-0.3, -0.25) is 4.21 Å². The van der Waals surface area contributed by atoms with E-state index < -0.39 is 10.8 Å². The summed E-state index contributed by atoms with van der Waals surface area (Å²) >= 11 is 0. The Balaban J connectivity index is 2.25. The lowest BCUT2D eigenvalue weighted by Crippen LogP contribution is -2.03. The van der Waals surface area contributed by atoms with Gasteiger partial charge in [-0.05, 0) is 30.7 Å². The van der Waals surface area contributed by atoms with Crippen LogP contribution in [0.5, 0.6) is 5.75 Å². The normalized spacial score (nSPS) is 12.4. The van der Waals surface area contributed by atoms with Crippen molar-refractivity contribution in [3.05, 3.63) is 24.3 Å². The Morgan fingerprint density at radius 1 is 1.36 bits per heavy atom. The van der Waals surface area contributed by atoms with E-state index in [1.54, 1.807) is 18.4 Å². The second-order valence-electron chi connectivity index (χ2n) is 3.05. The van der Waals surface area contributed by atoms with Crippen LogP contribution in [0.1, 0.15) is 6.42 Å². The number of nitrogens with two attached hydrogens (primary N) is 1. The fourth-order valence-corrected chi connectivity index (χ4v) is 1.54. The highest BCUT2D eigenvalue weighted by Gasteiger charge is 1.94. The summed E-state index contributed by atoms with van der Waals surface area (Å²) in [5.74, 6) is 1.50. The second kappa shape index (κ2) is 5.65. The summed E-state index contributed by atoms with van der Waals surface area (Å²) < 4.78 is 16.2. The van der Waals surface area contributed by atoms with Gasteiger partial charge in [0.2, 0.25) is 0 Å². The van der Waals surface area contributed by atoms with Crippen LogP contribution in [0.25, 0.3) is 0 Å². The molecule has 0 aliphatic heterocycles. The Labute approximate surface area is 86.7 Å². The van der Waals surface area contributed by atoms with Crippen LogP contribution >= 0.6 is 0 Å². The van der Waals surface area contributed by atoms with E-state index in [2.05, 4.69) is 0 Å². The smallest absolute Gasteiger partial charge is 0.119 e. The van der Waals surface area contributed by atoms with Gasteiger partial charge in [-0.15, -0.1) is 0 Å². The molecule has 4 heteroatoms. The summed E-state index contributed by atoms with van der Waals surface area (Å²) in [6.07, 6.45) is 2.51. The first-order valence-corrected chi connectivity index (χ1v) is 6.19. The second-order valence-corrected chi connectivity index (χ2v) is 4.60. The number of anilines is 1. The minimum absolute atomic E-state index is 0.601. The minimum atomic E-state index is -0.727. The topological polar surface area (TPSA) is 52.3 Å². The third kappa shape index (κ3) is 4.28. The first kappa shape index (κ1) is 11.0. The molecule has 0 amide bonds. The van der Waals surface area contributed by atoms with E-state index in [1.165, 1.54) is 0 Å². The molecule has 0 radical (unpaired) electrons. The van der Waals surface area contributed by atoms with Crippen molar-refractivity contribution in [2.24, 2.45) is 0 Å². The lowest BCUT2D eigenvalue weighted by atomic mass is 10.3. The minimum Gasteiger partial charge on any atom is -0.494 e. The van der Waals surface area contributed by atoms with Crippen LogP contribution in [-0.4, -0.2) is 22.8 Å². The maximum atomic E-state index is 10.7. The van der Waals surface area contributed by atoms with Crippen LogP contribution < -0.4 is 10.5 Å². The Hall–Kier alpha value is -1.03. The molecule has 1 atom stereocenters. The van der Waals surface area contributed by atoms with E-state index in [1.807, 2.05) is 12.1 Å². The quantitative estimate of drug-likeness (QED) is 0.594. The van der Waals surface area contributed by atoms with Crippen molar-refractivity contribution in [2.45, 2.75) is 6.42 Å². The van der Waals surface area contributed by atoms with Gasteiger partial charge in [0, 0.05) is 28.5 Å². The first-order valence-electron chi connectivity index (χ1n) is 4.47. The molecule has 2 N–H and O–H groups in total. The number of nitrogen functional groups attached to an aromatic ring is 1. The highest BCUT2D eigenvalue weighted by atomic mass is 32.2. The van der Waals surface area contributed by atoms with Crippen molar-refractivity contribution in [2.75, 3.05) is 24.3 Å². The summed E-state index contributed by atoms with van der Waals surface area (Å²) in [4.78, 5) is 0. The molecule has 0 heterocycles. The fraction of sp³-hybridized carbons (Fsp3) is 0.400. The van der Waals surface area contributed by atoms with Crippen molar-refractivity contribution >= 4 is 16.5 Å². The predicted octanol–water partition coefficient (Wildman–Crippen LogP) is 1.42. The first-order chi connectivity index (χ1) is 6.68. The van der Waals surface area contributed by atoms with E-state index in [-0.39, 0.29) is 0 Å². The van der Waals surface area contributed by atoms with Crippen LogP contribution in [-0.2, 0) is 10.8 Å². The summed E-state index contributed by atoms with van der Waals surface area (Å²) in [6, 6.07) is 7.26. The highest BCUT2D eigenvalue weighted by molar-refractivity contribution is 7.84. The molecule has 0 fully saturated rings. The maximum Gasteiger partial charge on any atom is 0.119 e. The fourth-order valence-electron chi connectivity index (χ4n) is 1.02. The zero-order valence-corrected chi connectivity index (χ0v) is 9.05. The van der Waals surface area contributed by atoms with Crippen LogP contribution in [0.15, 0.2) is 24.3 Å². The average molecular weight is 213 g/mol.